The van der Waals surface area contributed by atoms with E-state index in [-0.39, 0.29) is 12.1 Å². The van der Waals surface area contributed by atoms with Gasteiger partial charge in [0.2, 0.25) is 0 Å². The Hall–Kier alpha value is -0.820. The van der Waals surface area contributed by atoms with Crippen molar-refractivity contribution < 1.29 is 1.37 Å². The van der Waals surface area contributed by atoms with Crippen molar-refractivity contribution in [2.45, 2.75) is 32.8 Å². The average molecular weight is 164 g/mol. The van der Waals surface area contributed by atoms with E-state index in [1.165, 1.54) is 0 Å². The zero-order chi connectivity index (χ0) is 9.90. The smallest absolute Gasteiger partial charge is 0.0479 e. The molecule has 0 spiro atoms. The molecule has 1 unspecified atom stereocenters. The van der Waals surface area contributed by atoms with Gasteiger partial charge in [-0.2, -0.15) is 0 Å². The highest BCUT2D eigenvalue weighted by Crippen LogP contribution is 2.03. The molecule has 0 aliphatic rings. The Kier molecular flexibility index (Phi) is 2.42. The lowest BCUT2D eigenvalue weighted by molar-refractivity contribution is 0.424. The van der Waals surface area contributed by atoms with Gasteiger partial charge in [0.15, 0.2) is 0 Å². The summed E-state index contributed by atoms with van der Waals surface area (Å²) in [5.74, 6) is 0. The van der Waals surface area contributed by atoms with Crippen LogP contribution in [0.3, 0.4) is 0 Å². The molecule has 0 heterocycles. The number of hydrogen-bond acceptors (Lipinski definition) is 1. The molecule has 0 amide bonds. The lowest BCUT2D eigenvalue weighted by Gasteiger charge is -2.20. The second-order valence-electron chi connectivity index (χ2n) is 3.95. The van der Waals surface area contributed by atoms with Crippen molar-refractivity contribution in [2.24, 2.45) is 0 Å². The summed E-state index contributed by atoms with van der Waals surface area (Å²) in [7, 11) is 0. The van der Waals surface area contributed by atoms with Crippen LogP contribution in [0.25, 0.3) is 0 Å². The van der Waals surface area contributed by atoms with E-state index >= 15 is 0 Å². The van der Waals surface area contributed by atoms with Crippen LogP contribution in [0.2, 0.25) is 0 Å². The van der Waals surface area contributed by atoms with Gasteiger partial charge in [-0.15, -0.1) is 0 Å². The summed E-state index contributed by atoms with van der Waals surface area (Å²) in [4.78, 5) is 0. The van der Waals surface area contributed by atoms with Gasteiger partial charge in [-0.1, -0.05) is 30.3 Å². The Morgan fingerprint density at radius 2 is 1.83 bits per heavy atom. The predicted octanol–water partition coefficient (Wildman–Crippen LogP) is 2.57. The van der Waals surface area contributed by atoms with E-state index in [1.807, 2.05) is 30.3 Å². The fraction of sp³-hybridized carbons (Fsp3) is 0.455. The van der Waals surface area contributed by atoms with Gasteiger partial charge >= 0.3 is 0 Å². The third-order valence-electron chi connectivity index (χ3n) is 1.47. The molecule has 1 nitrogen and oxygen atoms in total. The molecule has 0 aliphatic heterocycles. The van der Waals surface area contributed by atoms with Crippen molar-refractivity contribution in [3.63, 3.8) is 0 Å². The van der Waals surface area contributed by atoms with E-state index in [0.29, 0.717) is 0 Å². The van der Waals surface area contributed by atoms with Crippen LogP contribution in [0, 0.1) is 0 Å². The number of rotatable bonds is 2. The van der Waals surface area contributed by atoms with Crippen molar-refractivity contribution in [1.82, 2.24) is 5.32 Å². The minimum atomic E-state index is -0.332. The van der Waals surface area contributed by atoms with Crippen LogP contribution < -0.4 is 5.32 Å². The molecule has 1 rings (SSSR count). The summed E-state index contributed by atoms with van der Waals surface area (Å²) in [5.41, 5.74) is 1.000. The number of nitrogens with one attached hydrogen (secondary N) is 1. The van der Waals surface area contributed by atoms with E-state index in [4.69, 9.17) is 1.37 Å². The third-order valence-corrected chi connectivity index (χ3v) is 1.47. The van der Waals surface area contributed by atoms with E-state index in [0.717, 1.165) is 5.56 Å². The third kappa shape index (κ3) is 3.54. The van der Waals surface area contributed by atoms with Crippen molar-refractivity contribution in [2.75, 3.05) is 0 Å². The van der Waals surface area contributed by atoms with Gasteiger partial charge in [0.1, 0.15) is 0 Å². The molecule has 12 heavy (non-hydrogen) atoms. The topological polar surface area (TPSA) is 12.0 Å². The highest BCUT2D eigenvalue weighted by Gasteiger charge is 2.07. The Morgan fingerprint density at radius 1 is 1.25 bits per heavy atom. The van der Waals surface area contributed by atoms with Crippen LogP contribution in [0.5, 0.6) is 0 Å². The largest absolute Gasteiger partial charge is 0.308 e. The van der Waals surface area contributed by atoms with Gasteiger partial charge in [0.25, 0.3) is 0 Å². The van der Waals surface area contributed by atoms with Crippen LogP contribution in [-0.2, 0) is 6.52 Å². The lowest BCUT2D eigenvalue weighted by atomic mass is 10.1. The Balaban J connectivity index is 2.64. The Labute approximate surface area is 76.2 Å². The number of benzene rings is 1. The fourth-order valence-corrected chi connectivity index (χ4v) is 0.849. The van der Waals surface area contributed by atoms with Gasteiger partial charge in [-0.3, -0.25) is 0 Å². The summed E-state index contributed by atoms with van der Waals surface area (Å²) in [6.45, 7) is 5.87. The summed E-state index contributed by atoms with van der Waals surface area (Å²) in [5, 5.41) is 3.20. The highest BCUT2D eigenvalue weighted by atomic mass is 14.9. The summed E-state index contributed by atoms with van der Waals surface area (Å²) in [6, 6.07) is 9.82. The minimum absolute atomic E-state index is 0.0116. The van der Waals surface area contributed by atoms with Crippen LogP contribution in [-0.4, -0.2) is 5.54 Å². The summed E-state index contributed by atoms with van der Waals surface area (Å²) >= 11 is 0. The maximum Gasteiger partial charge on any atom is 0.0479 e. The van der Waals surface area contributed by atoms with Crippen LogP contribution in [0.4, 0.5) is 0 Å². The van der Waals surface area contributed by atoms with Crippen LogP contribution in [0.1, 0.15) is 27.7 Å². The quantitative estimate of drug-likeness (QED) is 0.708. The van der Waals surface area contributed by atoms with E-state index in [2.05, 4.69) is 26.1 Å². The molecular formula is C11H17N. The van der Waals surface area contributed by atoms with E-state index in [9.17, 15) is 0 Å². The molecule has 0 aromatic heterocycles. The standard InChI is InChI=1S/C11H17N/c1-11(2,3)12-9-10-7-5-4-6-8-10/h4-8,12H,9H2,1-3H3/i9D. The minimum Gasteiger partial charge on any atom is -0.308 e. The molecule has 0 saturated heterocycles. The highest BCUT2D eigenvalue weighted by molar-refractivity contribution is 5.14. The van der Waals surface area contributed by atoms with Crippen molar-refractivity contribution in [3.05, 3.63) is 35.9 Å². The first kappa shape index (κ1) is 7.81. The first-order valence-corrected chi connectivity index (χ1v) is 4.24. The Bertz CT molecular complexity index is 251. The first-order valence-electron chi connectivity index (χ1n) is 4.82. The zero-order valence-corrected chi connectivity index (χ0v) is 7.96. The molecule has 66 valence electrons. The molecule has 0 bridgehead atoms. The lowest BCUT2D eigenvalue weighted by Crippen LogP contribution is -2.34. The average Bonchev–Trinajstić information content (AvgIpc) is 2.03. The summed E-state index contributed by atoms with van der Waals surface area (Å²) < 4.78 is 7.86. The molecule has 1 atom stereocenters. The zero-order valence-electron chi connectivity index (χ0n) is 8.96. The Morgan fingerprint density at radius 3 is 2.33 bits per heavy atom. The van der Waals surface area contributed by atoms with Crippen molar-refractivity contribution in [3.8, 4) is 0 Å². The molecule has 1 N–H and O–H groups in total. The molecular weight excluding hydrogens is 146 g/mol. The fourth-order valence-electron chi connectivity index (χ4n) is 0.849. The van der Waals surface area contributed by atoms with E-state index < -0.39 is 0 Å². The molecule has 1 aromatic rings. The first-order chi connectivity index (χ1) is 5.99. The monoisotopic (exact) mass is 164 g/mol. The second kappa shape index (κ2) is 3.72. The molecule has 0 aliphatic carbocycles. The van der Waals surface area contributed by atoms with E-state index in [1.54, 1.807) is 0 Å². The summed E-state index contributed by atoms with van der Waals surface area (Å²) in [6.07, 6.45) is 0. The molecule has 1 heteroatoms. The van der Waals surface area contributed by atoms with Gasteiger partial charge in [0, 0.05) is 13.4 Å². The van der Waals surface area contributed by atoms with Gasteiger partial charge in [0.05, 0.1) is 0 Å². The molecule has 0 saturated carbocycles. The maximum absolute atomic E-state index is 7.86. The van der Waals surface area contributed by atoms with Crippen molar-refractivity contribution >= 4 is 0 Å². The van der Waals surface area contributed by atoms with Crippen molar-refractivity contribution in [1.29, 1.82) is 0 Å². The van der Waals surface area contributed by atoms with Crippen LogP contribution in [0.15, 0.2) is 30.3 Å². The van der Waals surface area contributed by atoms with Gasteiger partial charge in [-0.05, 0) is 26.3 Å². The molecule has 0 radical (unpaired) electrons. The second-order valence-corrected chi connectivity index (χ2v) is 3.95. The molecule has 0 fully saturated rings. The van der Waals surface area contributed by atoms with Gasteiger partial charge < -0.3 is 5.32 Å². The maximum atomic E-state index is 7.86. The van der Waals surface area contributed by atoms with Crippen LogP contribution >= 0.6 is 0 Å². The SMILES string of the molecule is [2H]C(NC(C)(C)C)c1ccccc1. The molecule has 1 aromatic carbocycles. The predicted molar refractivity (Wildman–Crippen MR) is 53.0 cm³/mol. The normalized spacial score (nSPS) is 15.4. The van der Waals surface area contributed by atoms with Gasteiger partial charge in [-0.25, -0.2) is 0 Å². The number of hydrogen-bond donors (Lipinski definition) is 1.